The average Bonchev–Trinajstić information content (AvgIpc) is 1.81. The van der Waals surface area contributed by atoms with Crippen LogP contribution in [0.1, 0.15) is 20.3 Å². The summed E-state index contributed by atoms with van der Waals surface area (Å²) >= 11 is 0. The largest absolute Gasteiger partial charge is 0.480 e. The summed E-state index contributed by atoms with van der Waals surface area (Å²) in [4.78, 5) is 10.4. The van der Waals surface area contributed by atoms with Gasteiger partial charge in [-0.05, 0) is 19.4 Å². The Morgan fingerprint density at radius 1 is 1.55 bits per heavy atom. The molecule has 0 aromatic rings. The first-order valence-electron chi connectivity index (χ1n) is 3.48. The number of rotatable bonds is 4. The third kappa shape index (κ3) is 6.13. The van der Waals surface area contributed by atoms with Crippen molar-refractivity contribution < 1.29 is 9.90 Å². The van der Waals surface area contributed by atoms with Crippen molar-refractivity contribution in [3.63, 3.8) is 0 Å². The molecule has 11 heavy (non-hydrogen) atoms. The zero-order valence-electron chi connectivity index (χ0n) is 7.13. The number of halogens is 1. The van der Waals surface area contributed by atoms with E-state index >= 15 is 0 Å². The van der Waals surface area contributed by atoms with E-state index in [0.717, 1.165) is 0 Å². The van der Waals surface area contributed by atoms with Crippen molar-refractivity contribution in [3.8, 4) is 0 Å². The van der Waals surface area contributed by atoms with Crippen LogP contribution in [-0.2, 0) is 4.79 Å². The van der Waals surface area contributed by atoms with Crippen LogP contribution >= 0.6 is 12.4 Å². The molecule has 68 valence electrons. The number of likely N-dealkylation sites (N-methyl/N-ethyl adjacent to an activating group) is 1. The second kappa shape index (κ2) is 6.43. The number of aliphatic carboxylic acids is 1. The van der Waals surface area contributed by atoms with Crippen LogP contribution in [0.3, 0.4) is 0 Å². The van der Waals surface area contributed by atoms with Crippen molar-refractivity contribution in [2.45, 2.75) is 26.3 Å². The minimum atomic E-state index is -0.767. The molecular formula is C7H16ClNO2. The van der Waals surface area contributed by atoms with E-state index < -0.39 is 5.97 Å². The average molecular weight is 182 g/mol. The third-order valence-electron chi connectivity index (χ3n) is 1.35. The zero-order chi connectivity index (χ0) is 8.15. The van der Waals surface area contributed by atoms with Crippen LogP contribution in [0.15, 0.2) is 0 Å². The van der Waals surface area contributed by atoms with E-state index in [1.807, 2.05) is 13.8 Å². The van der Waals surface area contributed by atoms with Gasteiger partial charge in [0.1, 0.15) is 6.04 Å². The summed E-state index contributed by atoms with van der Waals surface area (Å²) in [6.07, 6.45) is 0.686. The lowest BCUT2D eigenvalue weighted by molar-refractivity contribution is -0.139. The summed E-state index contributed by atoms with van der Waals surface area (Å²) in [6, 6.07) is -0.389. The topological polar surface area (TPSA) is 49.3 Å². The third-order valence-corrected chi connectivity index (χ3v) is 1.35. The zero-order valence-corrected chi connectivity index (χ0v) is 7.94. The minimum absolute atomic E-state index is 0. The summed E-state index contributed by atoms with van der Waals surface area (Å²) < 4.78 is 0. The van der Waals surface area contributed by atoms with Crippen LogP contribution in [-0.4, -0.2) is 24.2 Å². The van der Waals surface area contributed by atoms with E-state index in [4.69, 9.17) is 5.11 Å². The maximum atomic E-state index is 10.4. The maximum Gasteiger partial charge on any atom is 0.320 e. The maximum absolute atomic E-state index is 10.4. The molecule has 1 unspecified atom stereocenters. The highest BCUT2D eigenvalue weighted by Gasteiger charge is 2.15. The Kier molecular flexibility index (Phi) is 7.79. The second-order valence-corrected chi connectivity index (χ2v) is 2.81. The normalized spacial score (nSPS) is 12.4. The lowest BCUT2D eigenvalue weighted by Crippen LogP contribution is -2.34. The van der Waals surface area contributed by atoms with E-state index in [0.29, 0.717) is 12.3 Å². The first kappa shape index (κ1) is 13.3. The Labute approximate surface area is 73.6 Å². The molecule has 0 heterocycles. The first-order valence-corrected chi connectivity index (χ1v) is 3.48. The Bertz CT molecular complexity index is 117. The lowest BCUT2D eigenvalue weighted by Gasteiger charge is -2.12. The van der Waals surface area contributed by atoms with Gasteiger partial charge in [0.2, 0.25) is 0 Å². The van der Waals surface area contributed by atoms with Gasteiger partial charge in [-0.2, -0.15) is 0 Å². The summed E-state index contributed by atoms with van der Waals surface area (Å²) in [5.74, 6) is -0.343. The van der Waals surface area contributed by atoms with Crippen molar-refractivity contribution in [3.05, 3.63) is 0 Å². The van der Waals surface area contributed by atoms with Crippen LogP contribution in [0, 0.1) is 5.92 Å². The number of hydrogen-bond acceptors (Lipinski definition) is 2. The predicted molar refractivity (Wildman–Crippen MR) is 47.2 cm³/mol. The summed E-state index contributed by atoms with van der Waals surface area (Å²) in [6.45, 7) is 4.01. The minimum Gasteiger partial charge on any atom is -0.480 e. The highest BCUT2D eigenvalue weighted by molar-refractivity contribution is 5.85. The molecule has 4 heteroatoms. The standard InChI is InChI=1S/C7H15NO2.ClH/c1-5(2)4-6(8-3)7(9)10;/h5-6,8H,4H2,1-3H3,(H,9,10);1H. The summed E-state index contributed by atoms with van der Waals surface area (Å²) in [5.41, 5.74) is 0. The molecule has 0 aliphatic carbocycles. The van der Waals surface area contributed by atoms with Gasteiger partial charge in [0.25, 0.3) is 0 Å². The smallest absolute Gasteiger partial charge is 0.320 e. The Morgan fingerprint density at radius 3 is 2.09 bits per heavy atom. The molecule has 0 bridgehead atoms. The number of nitrogens with one attached hydrogen (secondary N) is 1. The first-order chi connectivity index (χ1) is 4.57. The van der Waals surface area contributed by atoms with Gasteiger partial charge in [-0.3, -0.25) is 4.79 Å². The fourth-order valence-corrected chi connectivity index (χ4v) is 0.814. The van der Waals surface area contributed by atoms with Crippen molar-refractivity contribution in [1.82, 2.24) is 5.32 Å². The highest BCUT2D eigenvalue weighted by atomic mass is 35.5. The Balaban J connectivity index is 0. The van der Waals surface area contributed by atoms with Crippen molar-refractivity contribution in [2.75, 3.05) is 7.05 Å². The van der Waals surface area contributed by atoms with E-state index in [1.54, 1.807) is 7.05 Å². The Morgan fingerprint density at radius 2 is 2.00 bits per heavy atom. The van der Waals surface area contributed by atoms with E-state index in [-0.39, 0.29) is 18.4 Å². The fraction of sp³-hybridized carbons (Fsp3) is 0.857. The van der Waals surface area contributed by atoms with Gasteiger partial charge in [0.15, 0.2) is 0 Å². The molecule has 0 amide bonds. The Hall–Kier alpha value is -0.280. The van der Waals surface area contributed by atoms with Crippen LogP contribution in [0.5, 0.6) is 0 Å². The van der Waals surface area contributed by atoms with Gasteiger partial charge in [-0.15, -0.1) is 12.4 Å². The lowest BCUT2D eigenvalue weighted by atomic mass is 10.0. The molecule has 0 saturated heterocycles. The summed E-state index contributed by atoms with van der Waals surface area (Å²) in [7, 11) is 1.67. The quantitative estimate of drug-likeness (QED) is 0.684. The van der Waals surface area contributed by atoms with Crippen LogP contribution in [0.2, 0.25) is 0 Å². The fourth-order valence-electron chi connectivity index (χ4n) is 0.814. The van der Waals surface area contributed by atoms with E-state index in [1.165, 1.54) is 0 Å². The molecule has 0 saturated carbocycles. The second-order valence-electron chi connectivity index (χ2n) is 2.81. The van der Waals surface area contributed by atoms with Gasteiger partial charge in [0, 0.05) is 0 Å². The van der Waals surface area contributed by atoms with Crippen LogP contribution in [0.4, 0.5) is 0 Å². The van der Waals surface area contributed by atoms with Gasteiger partial charge in [0.05, 0.1) is 0 Å². The summed E-state index contributed by atoms with van der Waals surface area (Å²) in [5, 5.41) is 11.3. The molecule has 0 spiro atoms. The molecule has 0 aromatic heterocycles. The molecule has 0 rings (SSSR count). The molecule has 0 aliphatic rings. The van der Waals surface area contributed by atoms with Gasteiger partial charge in [-0.25, -0.2) is 0 Å². The SMILES string of the molecule is CNC(CC(C)C)C(=O)O.Cl. The molecular weight excluding hydrogens is 166 g/mol. The number of carboxylic acid groups (broad SMARTS) is 1. The van der Waals surface area contributed by atoms with Crippen molar-refractivity contribution in [2.24, 2.45) is 5.92 Å². The van der Waals surface area contributed by atoms with Gasteiger partial charge in [-0.1, -0.05) is 13.8 Å². The highest BCUT2D eigenvalue weighted by Crippen LogP contribution is 2.03. The van der Waals surface area contributed by atoms with Crippen LogP contribution < -0.4 is 5.32 Å². The number of carboxylic acids is 1. The predicted octanol–water partition coefficient (Wildman–Crippen LogP) is 1.13. The molecule has 2 N–H and O–H groups in total. The molecule has 0 aromatic carbocycles. The van der Waals surface area contributed by atoms with Gasteiger partial charge >= 0.3 is 5.97 Å². The van der Waals surface area contributed by atoms with Crippen LogP contribution in [0.25, 0.3) is 0 Å². The molecule has 3 nitrogen and oxygen atoms in total. The molecule has 1 atom stereocenters. The number of hydrogen-bond donors (Lipinski definition) is 2. The number of carbonyl (C=O) groups is 1. The van der Waals surface area contributed by atoms with E-state index in [9.17, 15) is 4.79 Å². The van der Waals surface area contributed by atoms with E-state index in [2.05, 4.69) is 5.32 Å². The van der Waals surface area contributed by atoms with Gasteiger partial charge < -0.3 is 10.4 Å². The van der Waals surface area contributed by atoms with Crippen molar-refractivity contribution >= 4 is 18.4 Å². The van der Waals surface area contributed by atoms with Crippen molar-refractivity contribution in [1.29, 1.82) is 0 Å². The molecule has 0 fully saturated rings. The molecule has 0 radical (unpaired) electrons. The molecule has 0 aliphatic heterocycles. The monoisotopic (exact) mass is 181 g/mol.